The van der Waals surface area contributed by atoms with Gasteiger partial charge in [0, 0.05) is 22.0 Å². The number of rotatable bonds is 10. The number of carbonyl (C=O) groups excluding carboxylic acids is 1. The van der Waals surface area contributed by atoms with E-state index in [1.807, 2.05) is 45.0 Å². The van der Waals surface area contributed by atoms with Crippen molar-refractivity contribution in [3.05, 3.63) is 87.6 Å². The summed E-state index contributed by atoms with van der Waals surface area (Å²) < 4.78 is 0. The van der Waals surface area contributed by atoms with Gasteiger partial charge in [-0.05, 0) is 72.4 Å². The number of nitrogens with zero attached hydrogens (tertiary/aromatic N) is 1. The van der Waals surface area contributed by atoms with Gasteiger partial charge in [-0.2, -0.15) is 0 Å². The number of aryl methyl sites for hydroxylation is 1. The smallest absolute Gasteiger partial charge is 0.307 e. The second-order valence-corrected chi connectivity index (χ2v) is 7.98. The Morgan fingerprint density at radius 1 is 1.12 bits per heavy atom. The zero-order chi connectivity index (χ0) is 23.8. The lowest BCUT2D eigenvalue weighted by molar-refractivity contribution is -0.136. The largest absolute Gasteiger partial charge is 0.481 e. The fourth-order valence-electron chi connectivity index (χ4n) is 3.45. The van der Waals surface area contributed by atoms with Crippen molar-refractivity contribution in [2.45, 2.75) is 46.6 Å². The number of aliphatic carboxylic acids is 1. The number of nitrogens with two attached hydrogens (primary N) is 1. The van der Waals surface area contributed by atoms with E-state index in [2.05, 4.69) is 11.9 Å². The number of amides is 1. The minimum atomic E-state index is -0.912. The van der Waals surface area contributed by atoms with E-state index in [4.69, 9.17) is 17.4 Å². The molecule has 170 valence electrons. The third-order valence-electron chi connectivity index (χ3n) is 5.21. The molecule has 0 aromatic heterocycles. The summed E-state index contributed by atoms with van der Waals surface area (Å²) in [5, 5.41) is 14.3. The summed E-state index contributed by atoms with van der Waals surface area (Å²) in [5.41, 5.74) is 5.16. The Hall–Kier alpha value is -3.09. The molecule has 0 saturated carbocycles. The van der Waals surface area contributed by atoms with Crippen LogP contribution in [-0.2, 0) is 11.3 Å². The van der Waals surface area contributed by atoms with Crippen LogP contribution in [0.25, 0.3) is 0 Å². The fraction of sp³-hybridized carbons (Fsp3) is 0.280. The van der Waals surface area contributed by atoms with Crippen LogP contribution in [0.4, 0.5) is 5.69 Å². The topological polar surface area (TPSA) is 95.7 Å². The maximum atomic E-state index is 12.5. The summed E-state index contributed by atoms with van der Waals surface area (Å²) in [6.45, 7) is 10.1. The highest BCUT2D eigenvalue weighted by molar-refractivity contribution is 6.30. The molecule has 0 radical (unpaired) electrons. The Morgan fingerprint density at radius 3 is 2.31 bits per heavy atom. The highest BCUT2D eigenvalue weighted by atomic mass is 35.5. The number of carboxylic acids is 1. The molecule has 0 aliphatic carbocycles. The monoisotopic (exact) mass is 455 g/mol. The molecule has 32 heavy (non-hydrogen) atoms. The van der Waals surface area contributed by atoms with Crippen molar-refractivity contribution < 1.29 is 14.7 Å². The van der Waals surface area contributed by atoms with Crippen LogP contribution in [-0.4, -0.2) is 22.0 Å². The van der Waals surface area contributed by atoms with E-state index in [1.165, 1.54) is 0 Å². The molecule has 0 aliphatic rings. The van der Waals surface area contributed by atoms with E-state index >= 15 is 0 Å². The van der Waals surface area contributed by atoms with E-state index < -0.39 is 5.97 Å². The van der Waals surface area contributed by atoms with Crippen LogP contribution < -0.4 is 11.2 Å². The number of allylic oxidation sites excluding steroid dienone is 2. The lowest BCUT2D eigenvalue weighted by Gasteiger charge is -2.25. The van der Waals surface area contributed by atoms with Gasteiger partial charge >= 0.3 is 5.97 Å². The molecule has 2 aromatic rings. The molecule has 2 aromatic carbocycles. The molecular formula is C25H30ClN3O3. The molecule has 0 unspecified atom stereocenters. The second kappa shape index (κ2) is 11.5. The molecule has 0 atom stereocenters. The summed E-state index contributed by atoms with van der Waals surface area (Å²) in [7, 11) is 0. The van der Waals surface area contributed by atoms with Crippen LogP contribution in [0.1, 0.15) is 54.6 Å². The van der Waals surface area contributed by atoms with Gasteiger partial charge in [-0.3, -0.25) is 9.59 Å². The van der Waals surface area contributed by atoms with Gasteiger partial charge in [-0.1, -0.05) is 44.2 Å². The Morgan fingerprint density at radius 2 is 1.78 bits per heavy atom. The van der Waals surface area contributed by atoms with Gasteiger partial charge in [0.2, 0.25) is 0 Å². The van der Waals surface area contributed by atoms with Gasteiger partial charge in [0.05, 0.1) is 13.0 Å². The highest BCUT2D eigenvalue weighted by Gasteiger charge is 2.16. The fourth-order valence-corrected chi connectivity index (χ4v) is 3.68. The molecule has 0 heterocycles. The second-order valence-electron chi connectivity index (χ2n) is 7.54. The number of carbonyl (C=O) groups is 2. The Bertz CT molecular complexity index is 1030. The van der Waals surface area contributed by atoms with Gasteiger partial charge < -0.3 is 15.4 Å². The molecule has 0 spiro atoms. The minimum Gasteiger partial charge on any atom is -0.481 e. The van der Waals surface area contributed by atoms with Crippen molar-refractivity contribution in [1.29, 1.82) is 0 Å². The molecule has 4 N–H and O–H groups in total. The Kier molecular flexibility index (Phi) is 9.05. The number of hydrogen-bond acceptors (Lipinski definition) is 4. The molecule has 6 nitrogen and oxygen atoms in total. The van der Waals surface area contributed by atoms with E-state index in [9.17, 15) is 14.7 Å². The Labute approximate surface area is 194 Å². The average molecular weight is 456 g/mol. The summed E-state index contributed by atoms with van der Waals surface area (Å²) in [5.74, 6) is 5.19. The summed E-state index contributed by atoms with van der Waals surface area (Å²) in [6.07, 6.45) is 1.13. The third-order valence-corrected chi connectivity index (χ3v) is 5.44. The van der Waals surface area contributed by atoms with Crippen LogP contribution in [0.5, 0.6) is 0 Å². The van der Waals surface area contributed by atoms with Gasteiger partial charge in [0.25, 0.3) is 5.91 Å². The van der Waals surface area contributed by atoms with Gasteiger partial charge in [-0.25, -0.2) is 5.84 Å². The van der Waals surface area contributed by atoms with Gasteiger partial charge in [0.15, 0.2) is 0 Å². The average Bonchev–Trinajstić information content (AvgIpc) is 2.74. The van der Waals surface area contributed by atoms with E-state index in [0.717, 1.165) is 22.4 Å². The van der Waals surface area contributed by atoms with Crippen molar-refractivity contribution in [2.75, 3.05) is 5.32 Å². The van der Waals surface area contributed by atoms with E-state index in [0.29, 0.717) is 41.2 Å². The number of carboxylic acid groups (broad SMARTS) is 1. The van der Waals surface area contributed by atoms with E-state index in [1.54, 1.807) is 23.2 Å². The number of anilines is 1. The molecule has 0 saturated heterocycles. The van der Waals surface area contributed by atoms with Crippen LogP contribution >= 0.6 is 11.6 Å². The molecule has 1 amide bonds. The van der Waals surface area contributed by atoms with Gasteiger partial charge in [0.1, 0.15) is 0 Å². The molecule has 7 heteroatoms. The Balaban J connectivity index is 2.14. The van der Waals surface area contributed by atoms with Crippen LogP contribution in [0.3, 0.4) is 0 Å². The zero-order valence-electron chi connectivity index (χ0n) is 18.7. The van der Waals surface area contributed by atoms with E-state index in [-0.39, 0.29) is 12.3 Å². The predicted octanol–water partition coefficient (Wildman–Crippen LogP) is 5.68. The quantitative estimate of drug-likeness (QED) is 0.243. The highest BCUT2D eigenvalue weighted by Crippen LogP contribution is 2.25. The summed E-state index contributed by atoms with van der Waals surface area (Å²) in [6, 6.07) is 12.5. The molecule has 0 bridgehead atoms. The number of benzene rings is 2. The maximum Gasteiger partial charge on any atom is 0.307 e. The third kappa shape index (κ3) is 6.70. The first-order chi connectivity index (χ1) is 15.2. The molecule has 2 rings (SSSR count). The number of halogens is 1. The normalized spacial score (nSPS) is 11.5. The first kappa shape index (κ1) is 25.2. The first-order valence-electron chi connectivity index (χ1n) is 10.5. The summed E-state index contributed by atoms with van der Waals surface area (Å²) >= 11 is 5.96. The number of hydrogen-bond donors (Lipinski definition) is 3. The zero-order valence-corrected chi connectivity index (χ0v) is 19.5. The van der Waals surface area contributed by atoms with Crippen LogP contribution in [0, 0.1) is 6.92 Å². The molecule has 0 aliphatic heterocycles. The lowest BCUT2D eigenvalue weighted by atomic mass is 9.98. The minimum absolute atomic E-state index is 0.112. The standard InChI is InChI=1S/C25H30ClN3O3/c1-5-16(3)22(14-24(30)31)23(6-2)29(27)15-18-7-10-20(11-8-18)28-25(32)21-12-9-19(26)13-17(21)4/h7-13H,3,5-6,14-15,27H2,1-2,4H3,(H,28,32)(H,30,31)/b23-22-. The van der Waals surface area contributed by atoms with Gasteiger partial charge in [-0.15, -0.1) is 0 Å². The summed E-state index contributed by atoms with van der Waals surface area (Å²) in [4.78, 5) is 23.9. The number of hydrazine groups is 1. The van der Waals surface area contributed by atoms with Crippen LogP contribution in [0.15, 0.2) is 65.9 Å². The molecular weight excluding hydrogens is 426 g/mol. The van der Waals surface area contributed by atoms with Crippen molar-refractivity contribution in [3.63, 3.8) is 0 Å². The predicted molar refractivity (Wildman–Crippen MR) is 129 cm³/mol. The number of nitrogens with one attached hydrogen (secondary N) is 1. The van der Waals surface area contributed by atoms with Crippen molar-refractivity contribution in [2.24, 2.45) is 5.84 Å². The SMILES string of the molecule is C=C(CC)/C(CC(=O)O)=C(/CC)N(N)Cc1ccc(NC(=O)c2ccc(Cl)cc2C)cc1. The first-order valence-corrected chi connectivity index (χ1v) is 10.8. The van der Waals surface area contributed by atoms with Crippen molar-refractivity contribution >= 4 is 29.2 Å². The lowest BCUT2D eigenvalue weighted by Crippen LogP contribution is -2.31. The van der Waals surface area contributed by atoms with Crippen LogP contribution in [0.2, 0.25) is 5.02 Å². The van der Waals surface area contributed by atoms with Crippen molar-refractivity contribution in [1.82, 2.24) is 5.01 Å². The van der Waals surface area contributed by atoms with Crippen molar-refractivity contribution in [3.8, 4) is 0 Å². The maximum absolute atomic E-state index is 12.5. The molecule has 0 fully saturated rings.